The zero-order valence-corrected chi connectivity index (χ0v) is 17.5. The Morgan fingerprint density at radius 2 is 1.93 bits per heavy atom. The molecular weight excluding hydrogens is 418 g/mol. The number of aromatic nitrogens is 1. The van der Waals surface area contributed by atoms with Crippen molar-refractivity contribution in [3.8, 4) is 0 Å². The summed E-state index contributed by atoms with van der Waals surface area (Å²) in [5.74, 6) is -1.08. The number of likely N-dealkylation sites (tertiary alicyclic amines) is 1. The molecule has 29 heavy (non-hydrogen) atoms. The minimum Gasteiger partial charge on any atom is -0.461 e. The lowest BCUT2D eigenvalue weighted by Gasteiger charge is -2.17. The van der Waals surface area contributed by atoms with Crippen LogP contribution in [0.25, 0.3) is 0 Å². The molecule has 10 heteroatoms. The van der Waals surface area contributed by atoms with Crippen molar-refractivity contribution < 1.29 is 22.7 Å². The van der Waals surface area contributed by atoms with E-state index in [-0.39, 0.29) is 40.4 Å². The molecule has 0 aliphatic carbocycles. The number of carbonyl (C=O) groups excluding carboxylic acids is 2. The number of ether oxygens (including phenoxy) is 1. The number of carbonyl (C=O) groups is 2. The highest BCUT2D eigenvalue weighted by Gasteiger charge is 2.27. The van der Waals surface area contributed by atoms with Crippen molar-refractivity contribution in [3.05, 3.63) is 47.2 Å². The largest absolute Gasteiger partial charge is 0.461 e. The Labute approximate surface area is 174 Å². The Hall–Kier alpha value is -2.36. The monoisotopic (exact) mass is 439 g/mol. The SMILES string of the molecule is CCOC(=O)c1cccn1S(=O)(=O)c1cc(Cl)ccc1NC(=O)CN1CCCC1. The maximum atomic E-state index is 13.3. The lowest BCUT2D eigenvalue weighted by atomic mass is 10.3. The van der Waals surface area contributed by atoms with Crippen molar-refractivity contribution >= 4 is 39.2 Å². The molecule has 1 aliphatic heterocycles. The third-order valence-electron chi connectivity index (χ3n) is 4.52. The van der Waals surface area contributed by atoms with Crippen molar-refractivity contribution in [1.82, 2.24) is 8.87 Å². The van der Waals surface area contributed by atoms with Gasteiger partial charge in [0.1, 0.15) is 10.6 Å². The van der Waals surface area contributed by atoms with E-state index in [1.165, 1.54) is 36.5 Å². The number of benzene rings is 1. The fourth-order valence-corrected chi connectivity index (χ4v) is 4.94. The number of halogens is 1. The lowest BCUT2D eigenvalue weighted by Crippen LogP contribution is -2.31. The van der Waals surface area contributed by atoms with Crippen molar-refractivity contribution in [1.29, 1.82) is 0 Å². The third-order valence-corrected chi connectivity index (χ3v) is 6.48. The average molecular weight is 440 g/mol. The molecule has 1 saturated heterocycles. The van der Waals surface area contributed by atoms with E-state index in [1.807, 2.05) is 4.90 Å². The maximum Gasteiger partial charge on any atom is 0.355 e. The summed E-state index contributed by atoms with van der Waals surface area (Å²) in [6.07, 6.45) is 3.33. The van der Waals surface area contributed by atoms with Crippen LogP contribution in [0.5, 0.6) is 0 Å². The van der Waals surface area contributed by atoms with Gasteiger partial charge in [-0.05, 0) is 63.2 Å². The summed E-state index contributed by atoms with van der Waals surface area (Å²) in [5.41, 5.74) is -0.0386. The molecule has 156 valence electrons. The van der Waals surface area contributed by atoms with E-state index in [0.717, 1.165) is 29.9 Å². The highest BCUT2D eigenvalue weighted by atomic mass is 35.5. The summed E-state index contributed by atoms with van der Waals surface area (Å²) < 4.78 is 32.3. The second kappa shape index (κ2) is 8.98. The number of nitrogens with one attached hydrogen (secondary N) is 1. The standard InChI is InChI=1S/C19H22ClN3O5S/c1-2-28-19(25)16-6-5-11-23(16)29(26,27)17-12-14(20)7-8-15(17)21-18(24)13-22-9-3-4-10-22/h5-8,11-12H,2-4,9-10,13H2,1H3,(H,21,24). The molecule has 0 unspecified atom stereocenters. The van der Waals surface area contributed by atoms with Gasteiger partial charge in [0.2, 0.25) is 5.91 Å². The molecule has 0 bridgehead atoms. The van der Waals surface area contributed by atoms with Crippen LogP contribution in [0, 0.1) is 0 Å². The third kappa shape index (κ3) is 4.80. The minimum absolute atomic E-state index is 0.0992. The van der Waals surface area contributed by atoms with Crippen LogP contribution in [0.4, 0.5) is 5.69 Å². The minimum atomic E-state index is -4.21. The summed E-state index contributed by atoms with van der Waals surface area (Å²) in [7, 11) is -4.21. The Bertz CT molecular complexity index is 1010. The number of amides is 1. The molecule has 0 saturated carbocycles. The summed E-state index contributed by atoms with van der Waals surface area (Å²) in [5, 5.41) is 2.84. The molecule has 3 rings (SSSR count). The van der Waals surface area contributed by atoms with Crippen LogP contribution in [0.3, 0.4) is 0 Å². The van der Waals surface area contributed by atoms with E-state index in [9.17, 15) is 18.0 Å². The highest BCUT2D eigenvalue weighted by Crippen LogP contribution is 2.28. The number of rotatable bonds is 7. The van der Waals surface area contributed by atoms with Crippen molar-refractivity contribution in [2.75, 3.05) is 31.6 Å². The van der Waals surface area contributed by atoms with Gasteiger partial charge in [-0.3, -0.25) is 9.69 Å². The van der Waals surface area contributed by atoms with Crippen LogP contribution in [0.1, 0.15) is 30.3 Å². The first kappa shape index (κ1) is 21.4. The van der Waals surface area contributed by atoms with Gasteiger partial charge >= 0.3 is 5.97 Å². The molecule has 0 atom stereocenters. The van der Waals surface area contributed by atoms with Crippen molar-refractivity contribution in [2.45, 2.75) is 24.7 Å². The topological polar surface area (TPSA) is 97.7 Å². The zero-order valence-electron chi connectivity index (χ0n) is 15.9. The predicted octanol–water partition coefficient (Wildman–Crippen LogP) is 2.59. The molecule has 1 aromatic heterocycles. The quantitative estimate of drug-likeness (QED) is 0.666. The number of nitrogens with zero attached hydrogens (tertiary/aromatic N) is 2. The molecule has 1 aromatic carbocycles. The number of hydrogen-bond donors (Lipinski definition) is 1. The number of esters is 1. The first-order valence-electron chi connectivity index (χ1n) is 9.24. The first-order chi connectivity index (χ1) is 13.8. The molecule has 8 nitrogen and oxygen atoms in total. The van der Waals surface area contributed by atoms with Crippen molar-refractivity contribution in [3.63, 3.8) is 0 Å². The van der Waals surface area contributed by atoms with Crippen LogP contribution >= 0.6 is 11.6 Å². The van der Waals surface area contributed by atoms with Gasteiger partial charge in [-0.1, -0.05) is 11.6 Å². The zero-order chi connectivity index (χ0) is 21.0. The Balaban J connectivity index is 1.93. The van der Waals surface area contributed by atoms with E-state index in [0.29, 0.717) is 0 Å². The van der Waals surface area contributed by atoms with Gasteiger partial charge in [-0.25, -0.2) is 17.2 Å². The Kier molecular flexibility index (Phi) is 6.61. The second-order valence-electron chi connectivity index (χ2n) is 6.59. The second-order valence-corrected chi connectivity index (χ2v) is 8.81. The van der Waals surface area contributed by atoms with Gasteiger partial charge in [0.05, 0.1) is 18.8 Å². The summed E-state index contributed by atoms with van der Waals surface area (Å²) in [6, 6.07) is 6.96. The molecule has 2 aromatic rings. The van der Waals surface area contributed by atoms with Gasteiger partial charge < -0.3 is 10.1 Å². The molecule has 1 aliphatic rings. The van der Waals surface area contributed by atoms with E-state index in [1.54, 1.807) is 6.92 Å². The van der Waals surface area contributed by atoms with Crippen molar-refractivity contribution in [2.24, 2.45) is 0 Å². The van der Waals surface area contributed by atoms with E-state index < -0.39 is 16.0 Å². The van der Waals surface area contributed by atoms with E-state index >= 15 is 0 Å². The molecule has 2 heterocycles. The Morgan fingerprint density at radius 3 is 2.62 bits per heavy atom. The summed E-state index contributed by atoms with van der Waals surface area (Å²) in [6.45, 7) is 3.60. The smallest absolute Gasteiger partial charge is 0.355 e. The predicted molar refractivity (Wildman–Crippen MR) is 109 cm³/mol. The van der Waals surface area contributed by atoms with Crippen LogP contribution in [-0.4, -0.2) is 55.4 Å². The average Bonchev–Trinajstić information content (AvgIpc) is 3.35. The molecule has 1 N–H and O–H groups in total. The fraction of sp³-hybridized carbons (Fsp3) is 0.368. The fourth-order valence-electron chi connectivity index (χ4n) is 3.19. The molecule has 1 fully saturated rings. The van der Waals surface area contributed by atoms with Crippen LogP contribution in [0.2, 0.25) is 5.02 Å². The van der Waals surface area contributed by atoms with Gasteiger partial charge in [-0.15, -0.1) is 0 Å². The molecule has 1 amide bonds. The van der Waals surface area contributed by atoms with Crippen LogP contribution in [0.15, 0.2) is 41.4 Å². The van der Waals surface area contributed by atoms with Gasteiger partial charge in [0.15, 0.2) is 0 Å². The van der Waals surface area contributed by atoms with Crippen LogP contribution < -0.4 is 5.32 Å². The molecular formula is C19H22ClN3O5S. The Morgan fingerprint density at radius 1 is 1.21 bits per heavy atom. The molecule has 0 spiro atoms. The summed E-state index contributed by atoms with van der Waals surface area (Å²) >= 11 is 6.02. The molecule has 0 radical (unpaired) electrons. The number of anilines is 1. The van der Waals surface area contributed by atoms with Gasteiger partial charge in [0, 0.05) is 11.2 Å². The summed E-state index contributed by atoms with van der Waals surface area (Å²) in [4.78, 5) is 26.3. The number of hydrogen-bond acceptors (Lipinski definition) is 6. The lowest BCUT2D eigenvalue weighted by molar-refractivity contribution is -0.117. The normalized spacial score (nSPS) is 14.7. The van der Waals surface area contributed by atoms with Crippen LogP contribution in [-0.2, 0) is 19.6 Å². The van der Waals surface area contributed by atoms with E-state index in [2.05, 4.69) is 5.32 Å². The van der Waals surface area contributed by atoms with E-state index in [4.69, 9.17) is 16.3 Å². The van der Waals surface area contributed by atoms with Gasteiger partial charge in [-0.2, -0.15) is 0 Å². The maximum absolute atomic E-state index is 13.3. The first-order valence-corrected chi connectivity index (χ1v) is 11.1. The van der Waals surface area contributed by atoms with Gasteiger partial charge in [0.25, 0.3) is 10.0 Å². The highest BCUT2D eigenvalue weighted by molar-refractivity contribution is 7.90.